The van der Waals surface area contributed by atoms with Gasteiger partial charge in [-0.15, -0.1) is 12.4 Å². The second-order valence-corrected chi connectivity index (χ2v) is 6.07. The Morgan fingerprint density at radius 3 is 2.38 bits per heavy atom. The van der Waals surface area contributed by atoms with Crippen molar-refractivity contribution in [2.45, 2.75) is 25.8 Å². The number of halogens is 4. The van der Waals surface area contributed by atoms with Crippen LogP contribution in [0.4, 0.5) is 13.2 Å². The highest BCUT2D eigenvalue weighted by Gasteiger charge is 2.38. The van der Waals surface area contributed by atoms with Crippen LogP contribution in [0.5, 0.6) is 0 Å². The van der Waals surface area contributed by atoms with Crippen molar-refractivity contribution in [2.24, 2.45) is 5.41 Å². The van der Waals surface area contributed by atoms with Gasteiger partial charge >= 0.3 is 0 Å². The summed E-state index contributed by atoms with van der Waals surface area (Å²) in [6, 6.07) is 1.62. The monoisotopic (exact) mass is 320 g/mol. The number of likely N-dealkylation sites (tertiary alicyclic amines) is 1. The molecule has 0 radical (unpaired) electrons. The molecule has 2 aliphatic rings. The van der Waals surface area contributed by atoms with Gasteiger partial charge in [0.25, 0.3) is 0 Å². The van der Waals surface area contributed by atoms with Crippen LogP contribution in [-0.2, 0) is 6.54 Å². The van der Waals surface area contributed by atoms with E-state index in [4.69, 9.17) is 0 Å². The van der Waals surface area contributed by atoms with Crippen molar-refractivity contribution in [2.75, 3.05) is 26.2 Å². The normalized spacial score (nSPS) is 21.5. The van der Waals surface area contributed by atoms with E-state index in [1.54, 1.807) is 0 Å². The quantitative estimate of drug-likeness (QED) is 0.842. The molecule has 21 heavy (non-hydrogen) atoms. The van der Waals surface area contributed by atoms with Gasteiger partial charge in [-0.1, -0.05) is 0 Å². The number of hydrogen-bond acceptors (Lipinski definition) is 2. The summed E-state index contributed by atoms with van der Waals surface area (Å²) in [5.41, 5.74) is 0.579. The molecular weight excluding hydrogens is 301 g/mol. The Morgan fingerprint density at radius 2 is 1.67 bits per heavy atom. The number of piperidine rings is 1. The maximum Gasteiger partial charge on any atom is 0.161 e. The average molecular weight is 321 g/mol. The van der Waals surface area contributed by atoms with E-state index in [0.29, 0.717) is 18.0 Å². The minimum Gasteiger partial charge on any atom is -0.317 e. The van der Waals surface area contributed by atoms with Crippen molar-refractivity contribution >= 4 is 12.4 Å². The lowest BCUT2D eigenvalue weighted by Gasteiger charge is -2.34. The van der Waals surface area contributed by atoms with Crippen LogP contribution in [0.2, 0.25) is 0 Å². The summed E-state index contributed by atoms with van der Waals surface area (Å²) in [6.07, 6.45) is 3.40. The first kappa shape index (κ1) is 16.6. The van der Waals surface area contributed by atoms with Gasteiger partial charge in [0, 0.05) is 24.7 Å². The van der Waals surface area contributed by atoms with Crippen molar-refractivity contribution in [3.05, 3.63) is 35.1 Å². The van der Waals surface area contributed by atoms with E-state index in [1.165, 1.54) is 0 Å². The van der Waals surface area contributed by atoms with Crippen LogP contribution in [0.1, 0.15) is 24.8 Å². The van der Waals surface area contributed by atoms with E-state index in [2.05, 4.69) is 10.2 Å². The third-order valence-electron chi connectivity index (χ3n) is 4.66. The smallest absolute Gasteiger partial charge is 0.161 e. The number of hydrogen-bond donors (Lipinski definition) is 1. The van der Waals surface area contributed by atoms with Gasteiger partial charge in [0.05, 0.1) is 0 Å². The van der Waals surface area contributed by atoms with Crippen LogP contribution >= 0.6 is 12.4 Å². The van der Waals surface area contributed by atoms with Gasteiger partial charge in [0.1, 0.15) is 5.82 Å². The number of nitrogens with zero attached hydrogens (tertiary/aromatic N) is 1. The minimum absolute atomic E-state index is 0. The molecule has 2 saturated heterocycles. The van der Waals surface area contributed by atoms with Crippen molar-refractivity contribution in [1.82, 2.24) is 10.2 Å². The average Bonchev–Trinajstić information content (AvgIpc) is 2.79. The lowest BCUT2D eigenvalue weighted by atomic mass is 9.78. The predicted molar refractivity (Wildman–Crippen MR) is 78.0 cm³/mol. The molecule has 0 unspecified atom stereocenters. The SMILES string of the molecule is Cl.Fc1cc(F)c(CN2CCC3(CCNCC3)C2)cc1F. The first-order valence-corrected chi connectivity index (χ1v) is 7.15. The van der Waals surface area contributed by atoms with Crippen molar-refractivity contribution in [3.8, 4) is 0 Å². The van der Waals surface area contributed by atoms with E-state index in [1.807, 2.05) is 0 Å². The van der Waals surface area contributed by atoms with E-state index in [9.17, 15) is 13.2 Å². The van der Waals surface area contributed by atoms with Crippen molar-refractivity contribution in [1.29, 1.82) is 0 Å². The molecule has 2 aliphatic heterocycles. The first-order chi connectivity index (χ1) is 9.58. The molecule has 0 amide bonds. The molecule has 1 N–H and O–H groups in total. The molecule has 1 aromatic rings. The zero-order valence-corrected chi connectivity index (χ0v) is 12.6. The van der Waals surface area contributed by atoms with Crippen LogP contribution in [0, 0.1) is 22.9 Å². The van der Waals surface area contributed by atoms with E-state index >= 15 is 0 Å². The fourth-order valence-corrected chi connectivity index (χ4v) is 3.45. The summed E-state index contributed by atoms with van der Waals surface area (Å²) in [6.45, 7) is 4.25. The second kappa shape index (κ2) is 6.55. The zero-order chi connectivity index (χ0) is 14.2. The lowest BCUT2D eigenvalue weighted by Crippen LogP contribution is -2.38. The Morgan fingerprint density at radius 1 is 1.00 bits per heavy atom. The summed E-state index contributed by atoms with van der Waals surface area (Å²) >= 11 is 0. The highest BCUT2D eigenvalue weighted by atomic mass is 35.5. The van der Waals surface area contributed by atoms with Gasteiger partial charge in [-0.25, -0.2) is 13.2 Å². The molecule has 2 fully saturated rings. The number of rotatable bonds is 2. The third kappa shape index (κ3) is 3.52. The molecule has 118 valence electrons. The van der Waals surface area contributed by atoms with Gasteiger partial charge in [0.2, 0.25) is 0 Å². The maximum atomic E-state index is 13.7. The second-order valence-electron chi connectivity index (χ2n) is 6.07. The molecule has 0 saturated carbocycles. The van der Waals surface area contributed by atoms with Crippen LogP contribution in [-0.4, -0.2) is 31.1 Å². The lowest BCUT2D eigenvalue weighted by molar-refractivity contribution is 0.193. The molecule has 1 spiro atoms. The standard InChI is InChI=1S/C15H19F3N2.ClH/c16-12-8-14(18)13(17)7-11(12)9-20-6-3-15(10-20)1-4-19-5-2-15;/h7-8,19H,1-6,9-10H2;1H. The van der Waals surface area contributed by atoms with Gasteiger partial charge in [-0.3, -0.25) is 4.90 Å². The molecule has 6 heteroatoms. The Kier molecular flexibility index (Phi) is 5.17. The molecule has 1 aromatic carbocycles. The largest absolute Gasteiger partial charge is 0.317 e. The Bertz CT molecular complexity index is 504. The topological polar surface area (TPSA) is 15.3 Å². The summed E-state index contributed by atoms with van der Waals surface area (Å²) in [7, 11) is 0. The molecule has 3 rings (SSSR count). The van der Waals surface area contributed by atoms with Gasteiger partial charge in [0.15, 0.2) is 11.6 Å². The fourth-order valence-electron chi connectivity index (χ4n) is 3.45. The van der Waals surface area contributed by atoms with Crippen LogP contribution in [0.25, 0.3) is 0 Å². The Hall–Kier alpha value is -0.780. The third-order valence-corrected chi connectivity index (χ3v) is 4.66. The zero-order valence-electron chi connectivity index (χ0n) is 11.8. The highest BCUT2D eigenvalue weighted by Crippen LogP contribution is 2.39. The van der Waals surface area contributed by atoms with Gasteiger partial charge < -0.3 is 5.32 Å². The Balaban J connectivity index is 0.00000161. The van der Waals surface area contributed by atoms with Gasteiger partial charge in [-0.05, 0) is 50.4 Å². The molecular formula is C15H20ClF3N2. The fraction of sp³-hybridized carbons (Fsp3) is 0.600. The van der Waals surface area contributed by atoms with Crippen LogP contribution in [0.15, 0.2) is 12.1 Å². The Labute approximate surface area is 129 Å². The predicted octanol–water partition coefficient (Wildman–Crippen LogP) is 3.10. The molecule has 2 heterocycles. The summed E-state index contributed by atoms with van der Waals surface area (Å²) in [4.78, 5) is 2.15. The highest BCUT2D eigenvalue weighted by molar-refractivity contribution is 5.85. The summed E-state index contributed by atoms with van der Waals surface area (Å²) in [5.74, 6) is -2.75. The molecule has 0 aromatic heterocycles. The molecule has 0 atom stereocenters. The molecule has 0 bridgehead atoms. The maximum absolute atomic E-state index is 13.7. The van der Waals surface area contributed by atoms with Crippen LogP contribution in [0.3, 0.4) is 0 Å². The van der Waals surface area contributed by atoms with E-state index in [0.717, 1.165) is 51.5 Å². The molecule has 2 nitrogen and oxygen atoms in total. The van der Waals surface area contributed by atoms with Crippen molar-refractivity contribution < 1.29 is 13.2 Å². The first-order valence-electron chi connectivity index (χ1n) is 7.15. The van der Waals surface area contributed by atoms with Crippen molar-refractivity contribution in [3.63, 3.8) is 0 Å². The summed E-state index contributed by atoms with van der Waals surface area (Å²) < 4.78 is 39.8. The van der Waals surface area contributed by atoms with Gasteiger partial charge in [-0.2, -0.15) is 0 Å². The minimum atomic E-state index is -1.12. The van der Waals surface area contributed by atoms with E-state index < -0.39 is 17.5 Å². The number of benzene rings is 1. The number of nitrogens with one attached hydrogen (secondary N) is 1. The summed E-state index contributed by atoms with van der Waals surface area (Å²) in [5, 5.41) is 3.35. The van der Waals surface area contributed by atoms with Crippen LogP contribution < -0.4 is 5.32 Å². The van der Waals surface area contributed by atoms with E-state index in [-0.39, 0.29) is 18.0 Å². The molecule has 0 aliphatic carbocycles.